The zero-order chi connectivity index (χ0) is 13.8. The summed E-state index contributed by atoms with van der Waals surface area (Å²) >= 11 is 0. The molecule has 1 rings (SSSR count). The molecule has 0 saturated heterocycles. The van der Waals surface area contributed by atoms with Crippen molar-refractivity contribution in [3.63, 3.8) is 0 Å². The highest BCUT2D eigenvalue weighted by molar-refractivity contribution is 7.89. The second kappa shape index (κ2) is 6.03. The molecule has 0 fully saturated rings. The number of hydrogen-bond acceptors (Lipinski definition) is 5. The summed E-state index contributed by atoms with van der Waals surface area (Å²) in [5, 5.41) is 21.7. The number of benzene rings is 1. The van der Waals surface area contributed by atoms with Gasteiger partial charge in [-0.25, -0.2) is 12.7 Å². The minimum Gasteiger partial charge on any atom is -0.504 e. The minimum absolute atomic E-state index is 0.0143. The molecule has 0 aliphatic rings. The molecular formula is C11H18N2O4S. The van der Waals surface area contributed by atoms with Crippen molar-refractivity contribution in [3.05, 3.63) is 23.8 Å². The third-order valence-electron chi connectivity index (χ3n) is 2.51. The maximum absolute atomic E-state index is 11.5. The number of para-hydroxylation sites is 1. The van der Waals surface area contributed by atoms with Gasteiger partial charge in [0, 0.05) is 32.7 Å². The Morgan fingerprint density at radius 2 is 1.94 bits per heavy atom. The van der Waals surface area contributed by atoms with Crippen LogP contribution in [0.2, 0.25) is 0 Å². The van der Waals surface area contributed by atoms with Crippen molar-refractivity contribution < 1.29 is 18.6 Å². The van der Waals surface area contributed by atoms with Gasteiger partial charge < -0.3 is 15.5 Å². The lowest BCUT2D eigenvalue weighted by Gasteiger charge is -2.12. The van der Waals surface area contributed by atoms with Crippen molar-refractivity contribution >= 4 is 10.0 Å². The highest BCUT2D eigenvalue weighted by Gasteiger charge is 2.12. The van der Waals surface area contributed by atoms with E-state index in [-0.39, 0.29) is 23.8 Å². The Balaban J connectivity index is 2.46. The van der Waals surface area contributed by atoms with Crippen LogP contribution in [0.25, 0.3) is 0 Å². The number of nitrogens with zero attached hydrogens (tertiary/aromatic N) is 1. The van der Waals surface area contributed by atoms with Crippen LogP contribution in [0.4, 0.5) is 0 Å². The van der Waals surface area contributed by atoms with Crippen molar-refractivity contribution in [2.45, 2.75) is 6.54 Å². The Morgan fingerprint density at radius 3 is 2.56 bits per heavy atom. The Labute approximate surface area is 107 Å². The fraction of sp³-hybridized carbons (Fsp3) is 0.455. The molecule has 0 saturated carbocycles. The molecule has 7 heteroatoms. The summed E-state index contributed by atoms with van der Waals surface area (Å²) in [7, 11) is -0.247. The average Bonchev–Trinajstić information content (AvgIpc) is 2.29. The number of aromatic hydroxyl groups is 2. The van der Waals surface area contributed by atoms with E-state index in [0.717, 1.165) is 0 Å². The number of hydrogen-bond donors (Lipinski definition) is 3. The quantitative estimate of drug-likeness (QED) is 0.505. The van der Waals surface area contributed by atoms with Crippen molar-refractivity contribution in [1.82, 2.24) is 9.62 Å². The van der Waals surface area contributed by atoms with Crippen LogP contribution in [-0.2, 0) is 16.6 Å². The van der Waals surface area contributed by atoms with Gasteiger partial charge in [0.1, 0.15) is 0 Å². The first-order chi connectivity index (χ1) is 8.34. The van der Waals surface area contributed by atoms with Gasteiger partial charge >= 0.3 is 0 Å². The molecule has 0 aliphatic heterocycles. The standard InChI is InChI=1S/C11H18N2O4S/c1-13(2)18(16,17)7-6-12-8-9-4-3-5-10(14)11(9)15/h3-5,12,14-15H,6-8H2,1-2H3. The molecule has 1 aromatic rings. The highest BCUT2D eigenvalue weighted by Crippen LogP contribution is 2.27. The third kappa shape index (κ3) is 3.86. The molecule has 102 valence electrons. The van der Waals surface area contributed by atoms with E-state index in [1.807, 2.05) is 0 Å². The monoisotopic (exact) mass is 274 g/mol. The lowest BCUT2D eigenvalue weighted by atomic mass is 10.2. The van der Waals surface area contributed by atoms with E-state index in [4.69, 9.17) is 0 Å². The summed E-state index contributed by atoms with van der Waals surface area (Å²) in [4.78, 5) is 0. The molecule has 0 radical (unpaired) electrons. The second-order valence-electron chi connectivity index (χ2n) is 4.06. The Hall–Kier alpha value is -1.31. The van der Waals surface area contributed by atoms with Crippen LogP contribution in [0.15, 0.2) is 18.2 Å². The number of phenolic OH excluding ortho intramolecular Hbond substituents is 2. The number of nitrogens with one attached hydrogen (secondary N) is 1. The first-order valence-corrected chi connectivity index (χ1v) is 7.06. The maximum Gasteiger partial charge on any atom is 0.214 e. The Bertz CT molecular complexity index is 500. The predicted molar refractivity (Wildman–Crippen MR) is 69.0 cm³/mol. The number of sulfonamides is 1. The highest BCUT2D eigenvalue weighted by atomic mass is 32.2. The van der Waals surface area contributed by atoms with E-state index in [1.54, 1.807) is 12.1 Å². The van der Waals surface area contributed by atoms with E-state index in [2.05, 4.69) is 5.32 Å². The lowest BCUT2D eigenvalue weighted by molar-refractivity contribution is 0.398. The lowest BCUT2D eigenvalue weighted by Crippen LogP contribution is -2.31. The molecule has 0 aromatic heterocycles. The fourth-order valence-corrected chi connectivity index (χ4v) is 2.09. The van der Waals surface area contributed by atoms with Gasteiger partial charge in [-0.2, -0.15) is 0 Å². The molecule has 1 aromatic carbocycles. The zero-order valence-corrected chi connectivity index (χ0v) is 11.2. The van der Waals surface area contributed by atoms with Crippen LogP contribution in [0.1, 0.15) is 5.56 Å². The van der Waals surface area contributed by atoms with Gasteiger partial charge in [-0.1, -0.05) is 12.1 Å². The Morgan fingerprint density at radius 1 is 1.28 bits per heavy atom. The summed E-state index contributed by atoms with van der Waals surface area (Å²) in [5.41, 5.74) is 0.525. The summed E-state index contributed by atoms with van der Waals surface area (Å²) < 4.78 is 24.1. The predicted octanol–water partition coefficient (Wildman–Crippen LogP) is 0.0788. The first-order valence-electron chi connectivity index (χ1n) is 5.45. The van der Waals surface area contributed by atoms with Gasteiger partial charge in [-0.15, -0.1) is 0 Å². The molecule has 0 amide bonds. The molecule has 0 aliphatic carbocycles. The molecule has 3 N–H and O–H groups in total. The summed E-state index contributed by atoms with van der Waals surface area (Å²) in [5.74, 6) is -0.379. The number of phenols is 2. The molecule has 18 heavy (non-hydrogen) atoms. The van der Waals surface area contributed by atoms with Crippen LogP contribution in [-0.4, -0.2) is 49.3 Å². The molecule has 0 bridgehead atoms. The maximum atomic E-state index is 11.5. The summed E-state index contributed by atoms with van der Waals surface area (Å²) in [6.07, 6.45) is 0. The smallest absolute Gasteiger partial charge is 0.214 e. The van der Waals surface area contributed by atoms with E-state index >= 15 is 0 Å². The van der Waals surface area contributed by atoms with Gasteiger partial charge in [-0.3, -0.25) is 0 Å². The molecule has 0 spiro atoms. The molecule has 0 unspecified atom stereocenters. The van der Waals surface area contributed by atoms with Gasteiger partial charge in [0.05, 0.1) is 5.75 Å². The van der Waals surface area contributed by atoms with E-state index < -0.39 is 10.0 Å². The molecule has 0 heterocycles. The van der Waals surface area contributed by atoms with Crippen molar-refractivity contribution in [3.8, 4) is 11.5 Å². The largest absolute Gasteiger partial charge is 0.504 e. The van der Waals surface area contributed by atoms with E-state index in [1.165, 1.54) is 24.5 Å². The summed E-state index contributed by atoms with van der Waals surface area (Å²) in [6.45, 7) is 0.568. The van der Waals surface area contributed by atoms with Crippen molar-refractivity contribution in [2.24, 2.45) is 0 Å². The SMILES string of the molecule is CN(C)S(=O)(=O)CCNCc1cccc(O)c1O. The normalized spacial score (nSPS) is 11.9. The topological polar surface area (TPSA) is 89.9 Å². The van der Waals surface area contributed by atoms with Crippen LogP contribution in [0.3, 0.4) is 0 Å². The van der Waals surface area contributed by atoms with Gasteiger partial charge in [0.2, 0.25) is 10.0 Å². The van der Waals surface area contributed by atoms with Crippen molar-refractivity contribution in [2.75, 3.05) is 26.4 Å². The fourth-order valence-electron chi connectivity index (χ4n) is 1.33. The number of rotatable bonds is 6. The Kier molecular flexibility index (Phi) is 4.94. The van der Waals surface area contributed by atoms with Crippen molar-refractivity contribution in [1.29, 1.82) is 0 Å². The van der Waals surface area contributed by atoms with Crippen LogP contribution >= 0.6 is 0 Å². The van der Waals surface area contributed by atoms with Gasteiger partial charge in [0.25, 0.3) is 0 Å². The van der Waals surface area contributed by atoms with Gasteiger partial charge in [-0.05, 0) is 6.07 Å². The molecule has 6 nitrogen and oxygen atoms in total. The molecule has 0 atom stereocenters. The third-order valence-corrected chi connectivity index (χ3v) is 4.34. The zero-order valence-electron chi connectivity index (χ0n) is 10.4. The summed E-state index contributed by atoms with van der Waals surface area (Å²) in [6, 6.07) is 4.65. The second-order valence-corrected chi connectivity index (χ2v) is 6.36. The van der Waals surface area contributed by atoms with Crippen LogP contribution in [0.5, 0.6) is 11.5 Å². The molecular weight excluding hydrogens is 256 g/mol. The van der Waals surface area contributed by atoms with E-state index in [0.29, 0.717) is 12.1 Å². The average molecular weight is 274 g/mol. The van der Waals surface area contributed by atoms with Gasteiger partial charge in [0.15, 0.2) is 11.5 Å². The first kappa shape index (κ1) is 14.7. The van der Waals surface area contributed by atoms with E-state index in [9.17, 15) is 18.6 Å². The van der Waals surface area contributed by atoms with Crippen LogP contribution in [0, 0.1) is 0 Å². The van der Waals surface area contributed by atoms with Crippen LogP contribution < -0.4 is 5.32 Å². The minimum atomic E-state index is -3.21.